The van der Waals surface area contributed by atoms with Crippen molar-refractivity contribution >= 4 is 29.1 Å². The highest BCUT2D eigenvalue weighted by Gasteiger charge is 2.46. The van der Waals surface area contributed by atoms with Crippen LogP contribution in [0, 0.1) is 0 Å². The minimum absolute atomic E-state index is 0.124. The van der Waals surface area contributed by atoms with E-state index in [0.29, 0.717) is 0 Å². The van der Waals surface area contributed by atoms with Crippen LogP contribution in [-0.4, -0.2) is 22.9 Å². The molecular weight excluding hydrogens is 273 g/mol. The fourth-order valence-corrected chi connectivity index (χ4v) is 1.96. The van der Waals surface area contributed by atoms with Crippen LogP contribution < -0.4 is 5.32 Å². The highest BCUT2D eigenvalue weighted by atomic mass is 35.5. The van der Waals surface area contributed by atoms with Gasteiger partial charge in [-0.2, -0.15) is 0 Å². The van der Waals surface area contributed by atoms with Crippen molar-refractivity contribution in [2.24, 2.45) is 0 Å². The van der Waals surface area contributed by atoms with E-state index in [9.17, 15) is 13.6 Å². The van der Waals surface area contributed by atoms with Crippen molar-refractivity contribution in [1.29, 1.82) is 0 Å². The van der Waals surface area contributed by atoms with E-state index >= 15 is 0 Å². The quantitative estimate of drug-likeness (QED) is 0.847. The summed E-state index contributed by atoms with van der Waals surface area (Å²) in [6.45, 7) is 0. The number of hydrogen-bond acceptors (Lipinski definition) is 2. The highest BCUT2D eigenvalue weighted by molar-refractivity contribution is 6.35. The van der Waals surface area contributed by atoms with Crippen molar-refractivity contribution in [3.63, 3.8) is 0 Å². The monoisotopic (exact) mass is 280 g/mol. The number of nitrogens with zero attached hydrogens (tertiary/aromatic N) is 1. The number of nitrogens with one attached hydrogen (secondary N) is 1. The standard InChI is InChI=1S/C10H8Cl2F2N2O/c11-7-4-15-8(12)1-6(7)9(17)16-5-2-10(13,14)3-5/h1,4-5H,2-3H2,(H,16,17). The maximum Gasteiger partial charge on any atom is 0.253 e. The summed E-state index contributed by atoms with van der Waals surface area (Å²) in [5, 5.41) is 2.73. The molecule has 1 fully saturated rings. The Bertz CT molecular complexity index is 460. The molecule has 0 unspecified atom stereocenters. The molecule has 2 rings (SSSR count). The Morgan fingerprint density at radius 1 is 1.47 bits per heavy atom. The summed E-state index contributed by atoms with van der Waals surface area (Å²) in [6.07, 6.45) is 0.568. The molecule has 0 bridgehead atoms. The molecule has 3 nitrogen and oxygen atoms in total. The van der Waals surface area contributed by atoms with Crippen LogP contribution in [0.1, 0.15) is 23.2 Å². The zero-order valence-corrected chi connectivity index (χ0v) is 10.0. The van der Waals surface area contributed by atoms with Gasteiger partial charge in [-0.3, -0.25) is 4.79 Å². The van der Waals surface area contributed by atoms with Gasteiger partial charge in [-0.15, -0.1) is 0 Å². The Kier molecular flexibility index (Phi) is 3.23. The molecule has 0 aromatic carbocycles. The Morgan fingerprint density at radius 3 is 2.71 bits per heavy atom. The molecule has 0 spiro atoms. The molecule has 1 amide bonds. The van der Waals surface area contributed by atoms with Crippen LogP contribution in [0.5, 0.6) is 0 Å². The average molecular weight is 281 g/mol. The zero-order valence-electron chi connectivity index (χ0n) is 8.51. The summed E-state index contributed by atoms with van der Waals surface area (Å²) in [5.41, 5.74) is 0.141. The van der Waals surface area contributed by atoms with Crippen LogP contribution >= 0.6 is 23.2 Å². The summed E-state index contributed by atoms with van der Waals surface area (Å²) >= 11 is 11.4. The second-order valence-electron chi connectivity index (χ2n) is 3.92. The molecule has 1 N–H and O–H groups in total. The van der Waals surface area contributed by atoms with Gasteiger partial charge in [-0.05, 0) is 6.07 Å². The van der Waals surface area contributed by atoms with Gasteiger partial charge >= 0.3 is 0 Å². The lowest BCUT2D eigenvalue weighted by molar-refractivity contribution is -0.0901. The minimum Gasteiger partial charge on any atom is -0.349 e. The number of carbonyl (C=O) groups excluding carboxylic acids is 1. The topological polar surface area (TPSA) is 42.0 Å². The van der Waals surface area contributed by atoms with Crippen molar-refractivity contribution < 1.29 is 13.6 Å². The van der Waals surface area contributed by atoms with Crippen molar-refractivity contribution in [3.8, 4) is 0 Å². The van der Waals surface area contributed by atoms with Gasteiger partial charge in [0.2, 0.25) is 0 Å². The third-order valence-corrected chi connectivity index (χ3v) is 3.00. The third-order valence-electron chi connectivity index (χ3n) is 2.49. The first-order chi connectivity index (χ1) is 7.87. The molecule has 1 aliphatic rings. The number of hydrogen-bond donors (Lipinski definition) is 1. The minimum atomic E-state index is -2.67. The van der Waals surface area contributed by atoms with Gasteiger partial charge < -0.3 is 5.32 Å². The van der Waals surface area contributed by atoms with Crippen LogP contribution in [0.3, 0.4) is 0 Å². The number of carbonyl (C=O) groups is 1. The first kappa shape index (κ1) is 12.5. The lowest BCUT2D eigenvalue weighted by atomic mass is 9.88. The molecule has 0 aliphatic heterocycles. The van der Waals surface area contributed by atoms with Crippen molar-refractivity contribution in [1.82, 2.24) is 10.3 Å². The van der Waals surface area contributed by atoms with Crippen molar-refractivity contribution in [2.75, 3.05) is 0 Å². The molecule has 1 heterocycles. The predicted molar refractivity (Wildman–Crippen MR) is 59.7 cm³/mol. The van der Waals surface area contributed by atoms with Crippen LogP contribution in [0.4, 0.5) is 8.78 Å². The van der Waals surface area contributed by atoms with Gasteiger partial charge in [0.25, 0.3) is 11.8 Å². The fraction of sp³-hybridized carbons (Fsp3) is 0.400. The normalized spacial score (nSPS) is 18.6. The molecular formula is C10H8Cl2F2N2O. The SMILES string of the molecule is O=C(NC1CC(F)(F)C1)c1cc(Cl)ncc1Cl. The van der Waals surface area contributed by atoms with E-state index in [-0.39, 0.29) is 28.6 Å². The number of pyridine rings is 1. The van der Waals surface area contributed by atoms with E-state index in [4.69, 9.17) is 23.2 Å². The molecule has 92 valence electrons. The molecule has 0 atom stereocenters. The summed E-state index contributed by atoms with van der Waals surface area (Å²) in [4.78, 5) is 15.4. The van der Waals surface area contributed by atoms with E-state index < -0.39 is 17.9 Å². The molecule has 0 saturated heterocycles. The van der Waals surface area contributed by atoms with Gasteiger partial charge in [0, 0.05) is 25.1 Å². The van der Waals surface area contributed by atoms with E-state index in [1.807, 2.05) is 0 Å². The molecule has 1 saturated carbocycles. The Labute approximate surface area is 106 Å². The number of halogens is 4. The molecule has 1 aliphatic carbocycles. The van der Waals surface area contributed by atoms with Gasteiger partial charge in [0.1, 0.15) is 5.15 Å². The average Bonchev–Trinajstić information content (AvgIpc) is 2.19. The summed E-state index contributed by atoms with van der Waals surface area (Å²) < 4.78 is 25.2. The Balaban J connectivity index is 2.03. The largest absolute Gasteiger partial charge is 0.349 e. The maximum absolute atomic E-state index is 12.6. The lowest BCUT2D eigenvalue weighted by Gasteiger charge is -2.35. The van der Waals surface area contributed by atoms with Gasteiger partial charge in [-0.25, -0.2) is 13.8 Å². The second-order valence-corrected chi connectivity index (χ2v) is 4.72. The van der Waals surface area contributed by atoms with Crippen LogP contribution in [0.15, 0.2) is 12.3 Å². The maximum atomic E-state index is 12.6. The lowest BCUT2D eigenvalue weighted by Crippen LogP contribution is -2.50. The second kappa shape index (κ2) is 4.38. The van der Waals surface area contributed by atoms with Gasteiger partial charge in [0.15, 0.2) is 0 Å². The first-order valence-electron chi connectivity index (χ1n) is 4.87. The van der Waals surface area contributed by atoms with Crippen molar-refractivity contribution in [2.45, 2.75) is 24.8 Å². The van der Waals surface area contributed by atoms with Gasteiger partial charge in [-0.1, -0.05) is 23.2 Å². The summed E-state index contributed by atoms with van der Waals surface area (Å²) in [6, 6.07) is 0.788. The summed E-state index contributed by atoms with van der Waals surface area (Å²) in [5.74, 6) is -3.18. The van der Waals surface area contributed by atoms with E-state index in [1.54, 1.807) is 0 Å². The molecule has 7 heteroatoms. The smallest absolute Gasteiger partial charge is 0.253 e. The van der Waals surface area contributed by atoms with E-state index in [1.165, 1.54) is 12.3 Å². The molecule has 1 aromatic heterocycles. The first-order valence-corrected chi connectivity index (χ1v) is 5.63. The fourth-order valence-electron chi connectivity index (χ4n) is 1.61. The summed E-state index contributed by atoms with van der Waals surface area (Å²) in [7, 11) is 0. The number of alkyl halides is 2. The molecule has 1 aromatic rings. The molecule has 0 radical (unpaired) electrons. The number of aromatic nitrogens is 1. The van der Waals surface area contributed by atoms with E-state index in [2.05, 4.69) is 10.3 Å². The number of rotatable bonds is 2. The van der Waals surface area contributed by atoms with Crippen LogP contribution in [-0.2, 0) is 0 Å². The van der Waals surface area contributed by atoms with Gasteiger partial charge in [0.05, 0.1) is 10.6 Å². The zero-order chi connectivity index (χ0) is 12.6. The third kappa shape index (κ3) is 2.84. The van der Waals surface area contributed by atoms with E-state index in [0.717, 1.165) is 0 Å². The predicted octanol–water partition coefficient (Wildman–Crippen LogP) is 2.92. The van der Waals surface area contributed by atoms with Crippen LogP contribution in [0.25, 0.3) is 0 Å². The van der Waals surface area contributed by atoms with Crippen LogP contribution in [0.2, 0.25) is 10.2 Å². The Hall–Kier alpha value is -0.940. The molecule has 17 heavy (non-hydrogen) atoms. The van der Waals surface area contributed by atoms with Crippen molar-refractivity contribution in [3.05, 3.63) is 28.0 Å². The highest BCUT2D eigenvalue weighted by Crippen LogP contribution is 2.37. The Morgan fingerprint density at radius 2 is 2.12 bits per heavy atom. The number of amides is 1.